The third kappa shape index (κ3) is 4.50. The molecule has 0 spiro atoms. The Morgan fingerprint density at radius 3 is 2.16 bits per heavy atom. The highest BCUT2D eigenvalue weighted by Crippen LogP contribution is 2.40. The Labute approximate surface area is 146 Å². The van der Waals surface area contributed by atoms with E-state index in [1.165, 1.54) is 13.4 Å². The van der Waals surface area contributed by atoms with Crippen molar-refractivity contribution >= 4 is 17.4 Å². The summed E-state index contributed by atoms with van der Waals surface area (Å²) in [6, 6.07) is 5.09. The molecule has 1 amide bonds. The van der Waals surface area contributed by atoms with Crippen molar-refractivity contribution in [3.63, 3.8) is 0 Å². The molecule has 1 aromatic carbocycles. The summed E-state index contributed by atoms with van der Waals surface area (Å²) in [6.45, 7) is 3.77. The minimum absolute atomic E-state index is 0.0222. The number of amides is 1. The summed E-state index contributed by atoms with van der Waals surface area (Å²) in [4.78, 5) is 20.2. The molecule has 8 heteroatoms. The van der Waals surface area contributed by atoms with Gasteiger partial charge in [0.2, 0.25) is 5.75 Å². The van der Waals surface area contributed by atoms with Crippen LogP contribution >= 0.6 is 0 Å². The van der Waals surface area contributed by atoms with E-state index in [-0.39, 0.29) is 17.6 Å². The van der Waals surface area contributed by atoms with Gasteiger partial charge in [-0.25, -0.2) is 9.97 Å². The van der Waals surface area contributed by atoms with Crippen LogP contribution in [0.5, 0.6) is 17.2 Å². The Kier molecular flexibility index (Phi) is 5.99. The highest BCUT2D eigenvalue weighted by molar-refractivity contribution is 5.93. The summed E-state index contributed by atoms with van der Waals surface area (Å²) in [5.41, 5.74) is 0.946. The van der Waals surface area contributed by atoms with Gasteiger partial charge in [0.15, 0.2) is 11.5 Å². The van der Waals surface area contributed by atoms with Crippen LogP contribution in [0.15, 0.2) is 24.5 Å². The topological polar surface area (TPSA) is 94.6 Å². The number of carbonyl (C=O) groups is 1. The molecule has 0 fully saturated rings. The maximum Gasteiger partial charge on any atom is 0.270 e. The molecule has 1 heterocycles. The molecule has 0 saturated carbocycles. The third-order valence-corrected chi connectivity index (χ3v) is 3.26. The van der Waals surface area contributed by atoms with Gasteiger partial charge in [0.05, 0.1) is 21.3 Å². The number of ether oxygens (including phenoxy) is 3. The highest BCUT2D eigenvalue weighted by atomic mass is 16.5. The number of carbonyl (C=O) groups excluding carboxylic acids is 1. The van der Waals surface area contributed by atoms with Gasteiger partial charge in [-0.1, -0.05) is 0 Å². The van der Waals surface area contributed by atoms with E-state index >= 15 is 0 Å². The second-order valence-corrected chi connectivity index (χ2v) is 5.46. The quantitative estimate of drug-likeness (QED) is 0.795. The molecule has 1 aromatic heterocycles. The molecule has 8 nitrogen and oxygen atoms in total. The Balaban J connectivity index is 2.29. The lowest BCUT2D eigenvalue weighted by molar-refractivity contribution is 0.0938. The summed E-state index contributed by atoms with van der Waals surface area (Å²) in [7, 11) is 4.62. The zero-order valence-electron chi connectivity index (χ0n) is 14.9. The van der Waals surface area contributed by atoms with Crippen LogP contribution in [-0.2, 0) is 0 Å². The molecule has 2 aromatic rings. The summed E-state index contributed by atoms with van der Waals surface area (Å²) < 4.78 is 15.9. The molecule has 2 N–H and O–H groups in total. The average Bonchev–Trinajstić information content (AvgIpc) is 2.60. The molecule has 134 valence electrons. The van der Waals surface area contributed by atoms with Gasteiger partial charge in [-0.05, 0) is 13.8 Å². The van der Waals surface area contributed by atoms with Gasteiger partial charge in [0, 0.05) is 29.9 Å². The van der Waals surface area contributed by atoms with Crippen LogP contribution < -0.4 is 24.8 Å². The van der Waals surface area contributed by atoms with Gasteiger partial charge >= 0.3 is 0 Å². The second kappa shape index (κ2) is 8.18. The van der Waals surface area contributed by atoms with E-state index < -0.39 is 0 Å². The van der Waals surface area contributed by atoms with Crippen LogP contribution in [0.4, 0.5) is 11.5 Å². The van der Waals surface area contributed by atoms with Crippen molar-refractivity contribution in [1.29, 1.82) is 0 Å². The third-order valence-electron chi connectivity index (χ3n) is 3.26. The number of methoxy groups -OCH3 is 3. The number of hydrogen-bond acceptors (Lipinski definition) is 7. The van der Waals surface area contributed by atoms with E-state index in [1.54, 1.807) is 32.4 Å². The van der Waals surface area contributed by atoms with E-state index in [2.05, 4.69) is 20.6 Å². The van der Waals surface area contributed by atoms with E-state index in [1.807, 2.05) is 13.8 Å². The van der Waals surface area contributed by atoms with Crippen LogP contribution in [-0.4, -0.2) is 43.2 Å². The molecule has 0 aliphatic carbocycles. The summed E-state index contributed by atoms with van der Waals surface area (Å²) in [5.74, 6) is 1.73. The van der Waals surface area contributed by atoms with Crippen molar-refractivity contribution < 1.29 is 19.0 Å². The van der Waals surface area contributed by atoms with Crippen LogP contribution in [0.2, 0.25) is 0 Å². The van der Waals surface area contributed by atoms with Gasteiger partial charge in [-0.2, -0.15) is 0 Å². The fourth-order valence-electron chi connectivity index (χ4n) is 2.19. The molecule has 0 saturated heterocycles. The minimum atomic E-state index is -0.259. The van der Waals surface area contributed by atoms with Crippen LogP contribution in [0.25, 0.3) is 0 Å². The molecule has 2 rings (SSSR count). The van der Waals surface area contributed by atoms with Crippen molar-refractivity contribution in [2.75, 3.05) is 26.6 Å². The molecule has 0 aliphatic rings. The van der Waals surface area contributed by atoms with E-state index in [0.29, 0.717) is 28.8 Å². The van der Waals surface area contributed by atoms with Gasteiger partial charge in [0.1, 0.15) is 17.8 Å². The van der Waals surface area contributed by atoms with E-state index in [0.717, 1.165) is 0 Å². The minimum Gasteiger partial charge on any atom is -0.493 e. The van der Waals surface area contributed by atoms with Crippen molar-refractivity contribution in [3.05, 3.63) is 30.2 Å². The van der Waals surface area contributed by atoms with Crippen molar-refractivity contribution in [3.8, 4) is 17.2 Å². The molecular weight excluding hydrogens is 324 g/mol. The number of nitrogens with one attached hydrogen (secondary N) is 2. The number of hydrogen-bond donors (Lipinski definition) is 2. The van der Waals surface area contributed by atoms with Crippen LogP contribution in [0, 0.1) is 0 Å². The van der Waals surface area contributed by atoms with E-state index in [4.69, 9.17) is 14.2 Å². The summed E-state index contributed by atoms with van der Waals surface area (Å²) >= 11 is 0. The normalized spacial score (nSPS) is 10.3. The van der Waals surface area contributed by atoms with Gasteiger partial charge in [0.25, 0.3) is 5.91 Å². The maximum atomic E-state index is 12.1. The van der Waals surface area contributed by atoms with Crippen LogP contribution in [0.3, 0.4) is 0 Å². The summed E-state index contributed by atoms with van der Waals surface area (Å²) in [6.07, 6.45) is 1.33. The summed E-state index contributed by atoms with van der Waals surface area (Å²) in [5, 5.41) is 5.89. The van der Waals surface area contributed by atoms with Crippen molar-refractivity contribution in [2.24, 2.45) is 0 Å². The Bertz CT molecular complexity index is 724. The number of anilines is 2. The van der Waals surface area contributed by atoms with E-state index in [9.17, 15) is 4.79 Å². The maximum absolute atomic E-state index is 12.1. The zero-order chi connectivity index (χ0) is 18.4. The first-order valence-corrected chi connectivity index (χ1v) is 7.68. The smallest absolute Gasteiger partial charge is 0.270 e. The van der Waals surface area contributed by atoms with Gasteiger partial charge < -0.3 is 24.8 Å². The number of rotatable bonds is 7. The molecule has 0 radical (unpaired) electrons. The highest BCUT2D eigenvalue weighted by Gasteiger charge is 2.14. The SMILES string of the molecule is COc1cc(Nc2cc(C(=O)NC(C)C)ncn2)cc(OC)c1OC. The average molecular weight is 346 g/mol. The molecule has 25 heavy (non-hydrogen) atoms. The van der Waals surface area contributed by atoms with Gasteiger partial charge in [-0.3, -0.25) is 4.79 Å². The monoisotopic (exact) mass is 346 g/mol. The predicted octanol–water partition coefficient (Wildman–Crippen LogP) is 2.38. The number of benzene rings is 1. The van der Waals surface area contributed by atoms with Crippen molar-refractivity contribution in [1.82, 2.24) is 15.3 Å². The second-order valence-electron chi connectivity index (χ2n) is 5.46. The lowest BCUT2D eigenvalue weighted by atomic mass is 10.2. The fourth-order valence-corrected chi connectivity index (χ4v) is 2.19. The standard InChI is InChI=1S/C17H22N4O4/c1-10(2)20-17(22)12-8-15(19-9-18-12)21-11-6-13(23-3)16(25-5)14(7-11)24-4/h6-10H,1-5H3,(H,20,22)(H,18,19,21). The Hall–Kier alpha value is -3.03. The lowest BCUT2D eigenvalue weighted by Crippen LogP contribution is -2.30. The first-order valence-electron chi connectivity index (χ1n) is 7.68. The molecule has 0 atom stereocenters. The first-order chi connectivity index (χ1) is 12.0. The van der Waals surface area contributed by atoms with Crippen molar-refractivity contribution in [2.45, 2.75) is 19.9 Å². The Morgan fingerprint density at radius 1 is 1.00 bits per heavy atom. The Morgan fingerprint density at radius 2 is 1.64 bits per heavy atom. The zero-order valence-corrected chi connectivity index (χ0v) is 14.9. The predicted molar refractivity (Wildman–Crippen MR) is 94.0 cm³/mol. The number of aromatic nitrogens is 2. The lowest BCUT2D eigenvalue weighted by Gasteiger charge is -2.15. The molecular formula is C17H22N4O4. The largest absolute Gasteiger partial charge is 0.493 e. The molecule has 0 aliphatic heterocycles. The molecule has 0 bridgehead atoms. The van der Waals surface area contributed by atoms with Gasteiger partial charge in [-0.15, -0.1) is 0 Å². The molecule has 0 unspecified atom stereocenters. The first kappa shape index (κ1) is 18.3. The number of nitrogens with zero attached hydrogens (tertiary/aromatic N) is 2. The fraction of sp³-hybridized carbons (Fsp3) is 0.353. The van der Waals surface area contributed by atoms with Crippen LogP contribution in [0.1, 0.15) is 24.3 Å².